The monoisotopic (exact) mass is 315 g/mol. The molecule has 1 N–H and O–H groups in total. The summed E-state index contributed by atoms with van der Waals surface area (Å²) < 4.78 is 7.52. The molecule has 0 radical (unpaired) electrons. The van der Waals surface area contributed by atoms with E-state index in [4.69, 9.17) is 4.74 Å². The van der Waals surface area contributed by atoms with E-state index in [1.165, 1.54) is 5.56 Å². The van der Waals surface area contributed by atoms with Crippen LogP contribution in [-0.4, -0.2) is 22.3 Å². The lowest BCUT2D eigenvalue weighted by Gasteiger charge is -2.11. The Balaban J connectivity index is 1.80. The van der Waals surface area contributed by atoms with Crippen molar-refractivity contribution in [3.63, 3.8) is 0 Å². The second-order valence-electron chi connectivity index (χ2n) is 5.71. The lowest BCUT2D eigenvalue weighted by atomic mass is 10.1. The Hall–Kier alpha value is -2.30. The normalized spacial score (nSPS) is 10.6. The molecular formula is C18H25N3O2. The maximum Gasteiger partial charge on any atom is 0.228 e. The average Bonchev–Trinajstić information content (AvgIpc) is 2.94. The fourth-order valence-corrected chi connectivity index (χ4v) is 2.35. The van der Waals surface area contributed by atoms with Crippen LogP contribution in [0.5, 0.6) is 5.75 Å². The molecule has 5 heteroatoms. The quantitative estimate of drug-likeness (QED) is 0.808. The van der Waals surface area contributed by atoms with Crippen LogP contribution in [0.3, 0.4) is 0 Å². The summed E-state index contributed by atoms with van der Waals surface area (Å²) in [6.07, 6.45) is 4.15. The van der Waals surface area contributed by atoms with Gasteiger partial charge in [-0.05, 0) is 31.9 Å². The number of anilines is 1. The summed E-state index contributed by atoms with van der Waals surface area (Å²) in [5, 5.41) is 7.12. The molecule has 0 atom stereocenters. The van der Waals surface area contributed by atoms with Gasteiger partial charge in [-0.25, -0.2) is 4.68 Å². The molecule has 0 aliphatic carbocycles. The van der Waals surface area contributed by atoms with E-state index in [0.717, 1.165) is 36.5 Å². The number of ether oxygens (including phenoxy) is 1. The number of hydrogen-bond acceptors (Lipinski definition) is 3. The van der Waals surface area contributed by atoms with E-state index in [2.05, 4.69) is 23.4 Å². The Morgan fingerprint density at radius 3 is 2.87 bits per heavy atom. The minimum Gasteiger partial charge on any atom is -0.493 e. The molecule has 124 valence electrons. The molecule has 0 saturated carbocycles. The highest BCUT2D eigenvalue weighted by atomic mass is 16.5. The van der Waals surface area contributed by atoms with E-state index in [9.17, 15) is 4.79 Å². The maximum absolute atomic E-state index is 12.0. The first kappa shape index (κ1) is 17.1. The second-order valence-corrected chi connectivity index (χ2v) is 5.71. The van der Waals surface area contributed by atoms with Crippen molar-refractivity contribution in [2.75, 3.05) is 11.9 Å². The molecule has 2 aromatic rings. The smallest absolute Gasteiger partial charge is 0.228 e. The van der Waals surface area contributed by atoms with Gasteiger partial charge in [0.1, 0.15) is 11.6 Å². The lowest BCUT2D eigenvalue weighted by Crippen LogP contribution is -2.18. The first-order valence-electron chi connectivity index (χ1n) is 8.12. The van der Waals surface area contributed by atoms with Crippen LogP contribution in [0.1, 0.15) is 37.3 Å². The highest BCUT2D eigenvalue weighted by molar-refractivity contribution is 5.89. The standard InChI is InChI=1S/C18H25N3O2/c1-4-5-11-21-17(8-10-19-21)20-18(22)9-12-23-16-7-6-14(2)13-15(16)3/h6-8,10,13H,4-5,9,11-12H2,1-3H3,(H,20,22). The number of nitrogens with zero attached hydrogens (tertiary/aromatic N) is 2. The molecule has 0 spiro atoms. The molecule has 2 rings (SSSR count). The van der Waals surface area contributed by atoms with Crippen LogP contribution in [-0.2, 0) is 11.3 Å². The zero-order valence-electron chi connectivity index (χ0n) is 14.1. The molecule has 5 nitrogen and oxygen atoms in total. The predicted octanol–water partition coefficient (Wildman–Crippen LogP) is 3.71. The van der Waals surface area contributed by atoms with Crippen molar-refractivity contribution >= 4 is 11.7 Å². The van der Waals surface area contributed by atoms with Crippen LogP contribution >= 0.6 is 0 Å². The number of unbranched alkanes of at least 4 members (excludes halogenated alkanes) is 1. The summed E-state index contributed by atoms with van der Waals surface area (Å²) in [6, 6.07) is 7.84. The lowest BCUT2D eigenvalue weighted by molar-refractivity contribution is -0.116. The number of amides is 1. The number of carbonyl (C=O) groups excluding carboxylic acids is 1. The third-order valence-corrected chi connectivity index (χ3v) is 3.62. The van der Waals surface area contributed by atoms with Gasteiger partial charge in [-0.3, -0.25) is 4.79 Å². The molecule has 0 aliphatic rings. The van der Waals surface area contributed by atoms with E-state index in [1.54, 1.807) is 6.20 Å². The first-order valence-corrected chi connectivity index (χ1v) is 8.12. The van der Waals surface area contributed by atoms with Crippen molar-refractivity contribution in [3.8, 4) is 5.75 Å². The second kappa shape index (κ2) is 8.36. The van der Waals surface area contributed by atoms with Gasteiger partial charge in [-0.1, -0.05) is 31.0 Å². The van der Waals surface area contributed by atoms with E-state index in [-0.39, 0.29) is 5.91 Å². The maximum atomic E-state index is 12.0. The Kier molecular flexibility index (Phi) is 6.20. The molecular weight excluding hydrogens is 290 g/mol. The molecule has 0 fully saturated rings. The van der Waals surface area contributed by atoms with Crippen LogP contribution in [0.4, 0.5) is 5.82 Å². The molecule has 1 heterocycles. The van der Waals surface area contributed by atoms with Crippen LogP contribution in [0.2, 0.25) is 0 Å². The van der Waals surface area contributed by atoms with Crippen molar-refractivity contribution in [1.82, 2.24) is 9.78 Å². The molecule has 0 saturated heterocycles. The van der Waals surface area contributed by atoms with Crippen LogP contribution < -0.4 is 10.1 Å². The van der Waals surface area contributed by atoms with Gasteiger partial charge in [-0.2, -0.15) is 5.10 Å². The Bertz CT molecular complexity index is 649. The molecule has 1 aromatic carbocycles. The minimum absolute atomic E-state index is 0.0620. The minimum atomic E-state index is -0.0620. The van der Waals surface area contributed by atoms with Gasteiger partial charge in [-0.15, -0.1) is 0 Å². The van der Waals surface area contributed by atoms with Crippen molar-refractivity contribution in [1.29, 1.82) is 0 Å². The molecule has 1 aromatic heterocycles. The fraction of sp³-hybridized carbons (Fsp3) is 0.444. The van der Waals surface area contributed by atoms with E-state index in [1.807, 2.05) is 36.7 Å². The summed E-state index contributed by atoms with van der Waals surface area (Å²) in [5.41, 5.74) is 2.29. The largest absolute Gasteiger partial charge is 0.493 e. The summed E-state index contributed by atoms with van der Waals surface area (Å²) in [6.45, 7) is 7.36. The highest BCUT2D eigenvalue weighted by Crippen LogP contribution is 2.18. The summed E-state index contributed by atoms with van der Waals surface area (Å²) >= 11 is 0. The number of hydrogen-bond donors (Lipinski definition) is 1. The summed E-state index contributed by atoms with van der Waals surface area (Å²) in [5.74, 6) is 1.51. The zero-order valence-corrected chi connectivity index (χ0v) is 14.1. The van der Waals surface area contributed by atoms with Crippen LogP contribution in [0, 0.1) is 13.8 Å². The number of benzene rings is 1. The number of aryl methyl sites for hydroxylation is 3. The molecule has 0 unspecified atom stereocenters. The zero-order chi connectivity index (χ0) is 16.7. The average molecular weight is 315 g/mol. The predicted molar refractivity (Wildman–Crippen MR) is 91.8 cm³/mol. The first-order chi connectivity index (χ1) is 11.1. The van der Waals surface area contributed by atoms with Crippen molar-refractivity contribution in [2.24, 2.45) is 0 Å². The Labute approximate surface area is 137 Å². The van der Waals surface area contributed by atoms with Gasteiger partial charge in [0.15, 0.2) is 0 Å². The molecule has 0 bridgehead atoms. The van der Waals surface area contributed by atoms with Gasteiger partial charge < -0.3 is 10.1 Å². The third kappa shape index (κ3) is 5.13. The van der Waals surface area contributed by atoms with Crippen molar-refractivity contribution in [2.45, 2.75) is 46.6 Å². The van der Waals surface area contributed by atoms with Gasteiger partial charge in [0.05, 0.1) is 19.2 Å². The number of aromatic nitrogens is 2. The van der Waals surface area contributed by atoms with Crippen molar-refractivity contribution < 1.29 is 9.53 Å². The Morgan fingerprint density at radius 1 is 1.30 bits per heavy atom. The fourth-order valence-electron chi connectivity index (χ4n) is 2.35. The summed E-state index contributed by atoms with van der Waals surface area (Å²) in [4.78, 5) is 12.0. The van der Waals surface area contributed by atoms with E-state index >= 15 is 0 Å². The van der Waals surface area contributed by atoms with Gasteiger partial charge in [0, 0.05) is 12.6 Å². The molecule has 23 heavy (non-hydrogen) atoms. The number of carbonyl (C=O) groups is 1. The highest BCUT2D eigenvalue weighted by Gasteiger charge is 2.08. The molecule has 1 amide bonds. The number of nitrogens with one attached hydrogen (secondary N) is 1. The van der Waals surface area contributed by atoms with Crippen LogP contribution in [0.15, 0.2) is 30.5 Å². The van der Waals surface area contributed by atoms with Gasteiger partial charge in [0.2, 0.25) is 5.91 Å². The third-order valence-electron chi connectivity index (χ3n) is 3.62. The Morgan fingerprint density at radius 2 is 2.13 bits per heavy atom. The summed E-state index contributed by atoms with van der Waals surface area (Å²) in [7, 11) is 0. The topological polar surface area (TPSA) is 56.2 Å². The van der Waals surface area contributed by atoms with Gasteiger partial charge in [0.25, 0.3) is 0 Å². The molecule has 0 aliphatic heterocycles. The van der Waals surface area contributed by atoms with Gasteiger partial charge >= 0.3 is 0 Å². The van der Waals surface area contributed by atoms with E-state index < -0.39 is 0 Å². The van der Waals surface area contributed by atoms with Crippen LogP contribution in [0.25, 0.3) is 0 Å². The van der Waals surface area contributed by atoms with Crippen molar-refractivity contribution in [3.05, 3.63) is 41.6 Å². The SMILES string of the molecule is CCCCn1nccc1NC(=O)CCOc1ccc(C)cc1C. The van der Waals surface area contributed by atoms with E-state index in [0.29, 0.717) is 13.0 Å². The number of rotatable bonds is 8.